The Labute approximate surface area is 79.0 Å². The van der Waals surface area contributed by atoms with E-state index in [0.717, 1.165) is 30.0 Å². The topological polar surface area (TPSA) is 35.2 Å². The van der Waals surface area contributed by atoms with Gasteiger partial charge in [-0.3, -0.25) is 0 Å². The minimum Gasteiger partial charge on any atom is -0.462 e. The fourth-order valence-electron chi connectivity index (χ4n) is 1.03. The Morgan fingerprint density at radius 1 is 1.38 bits per heavy atom. The zero-order chi connectivity index (χ0) is 9.68. The maximum Gasteiger partial charge on any atom is 0.127 e. The summed E-state index contributed by atoms with van der Waals surface area (Å²) in [5.74, 6) is 1.60. The van der Waals surface area contributed by atoms with Crippen LogP contribution in [0.15, 0.2) is 36.6 Å². The zero-order valence-electron chi connectivity index (χ0n) is 7.92. The summed E-state index contributed by atoms with van der Waals surface area (Å²) in [4.78, 5) is 0. The van der Waals surface area contributed by atoms with E-state index in [0.29, 0.717) is 0 Å². The molecule has 0 spiro atoms. The number of allylic oxidation sites excluding steroid dienone is 1. The molecule has 0 saturated heterocycles. The first-order valence-electron chi connectivity index (χ1n) is 4.43. The fraction of sp³-hybridized carbons (Fsp3) is 0.273. The number of hydrogen-bond donors (Lipinski definition) is 1. The highest BCUT2D eigenvalue weighted by Gasteiger charge is 1.96. The molecule has 1 rings (SSSR count). The summed E-state index contributed by atoms with van der Waals surface area (Å²) in [6.07, 6.45) is 1.94. The van der Waals surface area contributed by atoms with Crippen molar-refractivity contribution in [3.63, 3.8) is 0 Å². The van der Waals surface area contributed by atoms with Crippen LogP contribution < -0.4 is 10.5 Å². The first-order chi connectivity index (χ1) is 6.22. The molecular weight excluding hydrogens is 162 g/mol. The number of nitrogens with two attached hydrogens (primary N) is 1. The minimum absolute atomic E-state index is 0.744. The largest absolute Gasteiger partial charge is 0.462 e. The second-order valence-corrected chi connectivity index (χ2v) is 2.96. The van der Waals surface area contributed by atoms with E-state index in [-0.39, 0.29) is 0 Å². The lowest BCUT2D eigenvalue weighted by Gasteiger charge is -2.07. The smallest absolute Gasteiger partial charge is 0.127 e. The number of hydrogen-bond acceptors (Lipinski definition) is 2. The van der Waals surface area contributed by atoms with Gasteiger partial charge in [-0.15, -0.1) is 0 Å². The predicted octanol–water partition coefficient (Wildman–Crippen LogP) is 2.96. The van der Waals surface area contributed by atoms with Gasteiger partial charge >= 0.3 is 0 Å². The van der Waals surface area contributed by atoms with Crippen LogP contribution in [0.1, 0.15) is 19.8 Å². The van der Waals surface area contributed by atoms with Crippen molar-refractivity contribution in [2.24, 2.45) is 0 Å². The van der Waals surface area contributed by atoms with E-state index in [4.69, 9.17) is 10.5 Å². The molecule has 1 aromatic carbocycles. The molecule has 0 aliphatic heterocycles. The van der Waals surface area contributed by atoms with Gasteiger partial charge in [0.1, 0.15) is 5.75 Å². The van der Waals surface area contributed by atoms with Crippen LogP contribution in [-0.4, -0.2) is 0 Å². The van der Waals surface area contributed by atoms with E-state index in [2.05, 4.69) is 13.5 Å². The average molecular weight is 177 g/mol. The van der Waals surface area contributed by atoms with Gasteiger partial charge in [-0.25, -0.2) is 0 Å². The van der Waals surface area contributed by atoms with Gasteiger partial charge in [-0.05, 0) is 30.7 Å². The van der Waals surface area contributed by atoms with Crippen molar-refractivity contribution in [1.29, 1.82) is 0 Å². The molecule has 0 aliphatic rings. The first-order valence-corrected chi connectivity index (χ1v) is 4.43. The highest BCUT2D eigenvalue weighted by molar-refractivity contribution is 5.41. The van der Waals surface area contributed by atoms with Gasteiger partial charge in [0, 0.05) is 12.1 Å². The van der Waals surface area contributed by atoms with Gasteiger partial charge in [-0.1, -0.05) is 13.5 Å². The molecule has 0 aromatic heterocycles. The molecule has 0 aliphatic carbocycles. The minimum atomic E-state index is 0.744. The van der Waals surface area contributed by atoms with Gasteiger partial charge in [0.2, 0.25) is 0 Å². The van der Waals surface area contributed by atoms with Gasteiger partial charge < -0.3 is 10.5 Å². The quantitative estimate of drug-likeness (QED) is 0.567. The van der Waals surface area contributed by atoms with Crippen molar-refractivity contribution >= 4 is 5.69 Å². The Bertz CT molecular complexity index is 277. The third-order valence-corrected chi connectivity index (χ3v) is 1.67. The van der Waals surface area contributed by atoms with Crippen molar-refractivity contribution in [2.45, 2.75) is 19.8 Å². The summed E-state index contributed by atoms with van der Waals surface area (Å²) in [6, 6.07) is 7.31. The molecule has 1 aromatic rings. The molecule has 13 heavy (non-hydrogen) atoms. The Morgan fingerprint density at radius 2 is 2.00 bits per heavy atom. The van der Waals surface area contributed by atoms with Crippen molar-refractivity contribution in [3.05, 3.63) is 36.6 Å². The van der Waals surface area contributed by atoms with Crippen molar-refractivity contribution in [2.75, 3.05) is 5.73 Å². The standard InChI is InChI=1S/C11H15NO/c1-3-4-9(2)13-11-7-5-10(12)6-8-11/h5-8H,2-4,12H2,1H3. The van der Waals surface area contributed by atoms with E-state index < -0.39 is 0 Å². The summed E-state index contributed by atoms with van der Waals surface area (Å²) in [5.41, 5.74) is 6.28. The summed E-state index contributed by atoms with van der Waals surface area (Å²) in [5, 5.41) is 0. The van der Waals surface area contributed by atoms with Gasteiger partial charge in [-0.2, -0.15) is 0 Å². The molecule has 2 nitrogen and oxygen atoms in total. The van der Waals surface area contributed by atoms with E-state index in [9.17, 15) is 0 Å². The van der Waals surface area contributed by atoms with Crippen molar-refractivity contribution < 1.29 is 4.74 Å². The summed E-state index contributed by atoms with van der Waals surface area (Å²) in [6.45, 7) is 5.90. The molecule has 0 bridgehead atoms. The lowest BCUT2D eigenvalue weighted by Crippen LogP contribution is -1.93. The molecule has 0 fully saturated rings. The summed E-state index contributed by atoms with van der Waals surface area (Å²) >= 11 is 0. The molecule has 0 atom stereocenters. The lowest BCUT2D eigenvalue weighted by atomic mass is 10.3. The first kappa shape index (κ1) is 9.65. The van der Waals surface area contributed by atoms with Crippen LogP contribution in [0.2, 0.25) is 0 Å². The van der Waals surface area contributed by atoms with Gasteiger partial charge in [0.05, 0.1) is 5.76 Å². The van der Waals surface area contributed by atoms with Crippen LogP contribution in [-0.2, 0) is 0 Å². The van der Waals surface area contributed by atoms with Crippen LogP contribution in [0, 0.1) is 0 Å². The monoisotopic (exact) mass is 177 g/mol. The number of nitrogen functional groups attached to an aromatic ring is 1. The predicted molar refractivity (Wildman–Crippen MR) is 55.5 cm³/mol. The van der Waals surface area contributed by atoms with Crippen LogP contribution in [0.5, 0.6) is 5.75 Å². The van der Waals surface area contributed by atoms with Crippen LogP contribution in [0.3, 0.4) is 0 Å². The number of anilines is 1. The molecule has 0 unspecified atom stereocenters. The Hall–Kier alpha value is -1.44. The highest BCUT2D eigenvalue weighted by Crippen LogP contribution is 2.16. The Balaban J connectivity index is 2.54. The van der Waals surface area contributed by atoms with Crippen molar-refractivity contribution in [3.8, 4) is 5.75 Å². The third-order valence-electron chi connectivity index (χ3n) is 1.67. The van der Waals surface area contributed by atoms with Crippen LogP contribution in [0.25, 0.3) is 0 Å². The lowest BCUT2D eigenvalue weighted by molar-refractivity contribution is 0.404. The normalized spacial score (nSPS) is 9.62. The molecule has 2 heteroatoms. The van der Waals surface area contributed by atoms with E-state index in [1.165, 1.54) is 0 Å². The Kier molecular flexibility index (Phi) is 3.38. The number of benzene rings is 1. The molecule has 0 radical (unpaired) electrons. The molecule has 0 heterocycles. The molecule has 70 valence electrons. The summed E-state index contributed by atoms with van der Waals surface area (Å²) < 4.78 is 5.46. The Morgan fingerprint density at radius 3 is 2.54 bits per heavy atom. The van der Waals surface area contributed by atoms with Crippen LogP contribution >= 0.6 is 0 Å². The van der Waals surface area contributed by atoms with E-state index in [1.807, 2.05) is 24.3 Å². The second kappa shape index (κ2) is 4.55. The average Bonchev–Trinajstić information content (AvgIpc) is 2.09. The molecule has 0 saturated carbocycles. The van der Waals surface area contributed by atoms with Crippen LogP contribution in [0.4, 0.5) is 5.69 Å². The fourth-order valence-corrected chi connectivity index (χ4v) is 1.03. The maximum absolute atomic E-state index is 5.54. The van der Waals surface area contributed by atoms with E-state index >= 15 is 0 Å². The third kappa shape index (κ3) is 3.20. The van der Waals surface area contributed by atoms with Crippen molar-refractivity contribution in [1.82, 2.24) is 0 Å². The highest BCUT2D eigenvalue weighted by atomic mass is 16.5. The van der Waals surface area contributed by atoms with E-state index in [1.54, 1.807) is 0 Å². The zero-order valence-corrected chi connectivity index (χ0v) is 7.92. The van der Waals surface area contributed by atoms with Gasteiger partial charge in [0.25, 0.3) is 0 Å². The number of rotatable bonds is 4. The second-order valence-electron chi connectivity index (χ2n) is 2.96. The van der Waals surface area contributed by atoms with Gasteiger partial charge in [0.15, 0.2) is 0 Å². The molecule has 2 N–H and O–H groups in total. The molecular formula is C11H15NO. The summed E-state index contributed by atoms with van der Waals surface area (Å²) in [7, 11) is 0. The SMILES string of the molecule is C=C(CCC)Oc1ccc(N)cc1. The molecule has 0 amide bonds. The number of ether oxygens (including phenoxy) is 1. The maximum atomic E-state index is 5.54.